The molecule has 1 aromatic carbocycles. The van der Waals surface area contributed by atoms with Gasteiger partial charge in [0, 0.05) is 38.4 Å². The van der Waals surface area contributed by atoms with Crippen LogP contribution in [0.2, 0.25) is 0 Å². The molecule has 3 atom stereocenters. The fourth-order valence-electron chi connectivity index (χ4n) is 4.96. The van der Waals surface area contributed by atoms with Crippen LogP contribution in [0.4, 0.5) is 5.69 Å². The van der Waals surface area contributed by atoms with Crippen LogP contribution in [-0.4, -0.2) is 57.4 Å². The van der Waals surface area contributed by atoms with Crippen LogP contribution < -0.4 is 9.64 Å². The fraction of sp³-hybridized carbons (Fsp3) is 0.429. The number of methoxy groups -OCH3 is 1. The molecule has 0 radical (unpaired) electrons. The molecule has 3 aromatic rings. The van der Waals surface area contributed by atoms with Crippen LogP contribution >= 0.6 is 0 Å². The summed E-state index contributed by atoms with van der Waals surface area (Å²) in [7, 11) is 1.67. The first-order valence-corrected chi connectivity index (χ1v) is 9.89. The van der Waals surface area contributed by atoms with Crippen molar-refractivity contribution in [3.8, 4) is 5.75 Å². The van der Waals surface area contributed by atoms with Crippen LogP contribution in [0.1, 0.15) is 24.2 Å². The van der Waals surface area contributed by atoms with Gasteiger partial charge in [-0.05, 0) is 30.7 Å². The molecule has 2 fully saturated rings. The lowest BCUT2D eigenvalue weighted by Crippen LogP contribution is -2.34. The maximum atomic E-state index is 12.4. The Bertz CT molecular complexity index is 1060. The van der Waals surface area contributed by atoms with Crippen molar-refractivity contribution in [1.82, 2.24) is 24.7 Å². The summed E-state index contributed by atoms with van der Waals surface area (Å²) in [4.78, 5) is 16.8. The van der Waals surface area contributed by atoms with E-state index in [1.54, 1.807) is 24.9 Å². The van der Waals surface area contributed by atoms with E-state index in [9.17, 15) is 4.79 Å². The number of rotatable bonds is 3. The van der Waals surface area contributed by atoms with Gasteiger partial charge in [0.2, 0.25) is 11.6 Å². The number of carbonyl (C=O) groups is 1. The number of carbonyl (C=O) groups excluding carboxylic acids is 1. The average molecular weight is 392 g/mol. The van der Waals surface area contributed by atoms with Crippen molar-refractivity contribution in [3.05, 3.63) is 47.9 Å². The van der Waals surface area contributed by atoms with Crippen molar-refractivity contribution >= 4 is 17.2 Å². The van der Waals surface area contributed by atoms with E-state index in [1.165, 1.54) is 0 Å². The molecule has 150 valence electrons. The summed E-state index contributed by atoms with van der Waals surface area (Å²) in [6.45, 7) is 6.20. The number of aryl methyl sites for hydroxylation is 1. The summed E-state index contributed by atoms with van der Waals surface area (Å²) < 4.78 is 7.04. The minimum absolute atomic E-state index is 0.0743. The molecule has 29 heavy (non-hydrogen) atoms. The lowest BCUT2D eigenvalue weighted by molar-refractivity contribution is -0.130. The van der Waals surface area contributed by atoms with Crippen molar-refractivity contribution in [2.75, 3.05) is 31.6 Å². The second-order valence-corrected chi connectivity index (χ2v) is 7.99. The Morgan fingerprint density at radius 1 is 1.17 bits per heavy atom. The van der Waals surface area contributed by atoms with Gasteiger partial charge in [-0.1, -0.05) is 12.1 Å². The number of amides is 1. The summed E-state index contributed by atoms with van der Waals surface area (Å²) in [5.41, 5.74) is 3.93. The summed E-state index contributed by atoms with van der Waals surface area (Å²) in [6, 6.07) is 10.3. The summed E-state index contributed by atoms with van der Waals surface area (Å²) in [5.74, 6) is 1.74. The second kappa shape index (κ2) is 6.72. The van der Waals surface area contributed by atoms with Crippen molar-refractivity contribution < 1.29 is 9.53 Å². The second-order valence-electron chi connectivity index (χ2n) is 7.99. The lowest BCUT2D eigenvalue weighted by atomic mass is 9.89. The van der Waals surface area contributed by atoms with Crippen LogP contribution in [0.3, 0.4) is 0 Å². The Labute approximate surface area is 169 Å². The molecule has 4 heterocycles. The number of fused-ring (bicyclic) bond motifs is 2. The molecule has 0 bridgehead atoms. The number of anilines is 1. The topological polar surface area (TPSA) is 75.9 Å². The summed E-state index contributed by atoms with van der Waals surface area (Å²) in [6.07, 6.45) is 1.64. The monoisotopic (exact) mass is 392 g/mol. The van der Waals surface area contributed by atoms with Crippen LogP contribution in [0.15, 0.2) is 36.7 Å². The van der Waals surface area contributed by atoms with Crippen molar-refractivity contribution in [1.29, 1.82) is 0 Å². The highest BCUT2D eigenvalue weighted by Gasteiger charge is 2.48. The van der Waals surface area contributed by atoms with E-state index >= 15 is 0 Å². The zero-order chi connectivity index (χ0) is 20.1. The van der Waals surface area contributed by atoms with Crippen molar-refractivity contribution in [2.24, 2.45) is 11.8 Å². The minimum atomic E-state index is 0.0743. The highest BCUT2D eigenvalue weighted by atomic mass is 16.5. The zero-order valence-corrected chi connectivity index (χ0v) is 16.8. The van der Waals surface area contributed by atoms with Crippen LogP contribution in [-0.2, 0) is 4.79 Å². The molecule has 8 nitrogen and oxygen atoms in total. The van der Waals surface area contributed by atoms with Gasteiger partial charge in [-0.2, -0.15) is 9.61 Å². The molecule has 5 rings (SSSR count). The molecule has 2 aliphatic heterocycles. The Morgan fingerprint density at radius 3 is 2.69 bits per heavy atom. The average Bonchev–Trinajstić information content (AvgIpc) is 3.41. The van der Waals surface area contributed by atoms with E-state index in [0.717, 1.165) is 48.0 Å². The molecule has 1 amide bonds. The van der Waals surface area contributed by atoms with Crippen molar-refractivity contribution in [3.63, 3.8) is 0 Å². The summed E-state index contributed by atoms with van der Waals surface area (Å²) >= 11 is 0. The smallest absolute Gasteiger partial charge is 0.219 e. The van der Waals surface area contributed by atoms with E-state index in [4.69, 9.17) is 4.74 Å². The van der Waals surface area contributed by atoms with E-state index in [-0.39, 0.29) is 11.9 Å². The Morgan fingerprint density at radius 2 is 1.97 bits per heavy atom. The summed E-state index contributed by atoms with van der Waals surface area (Å²) in [5, 5.41) is 12.7. The first-order chi connectivity index (χ1) is 14.0. The Balaban J connectivity index is 1.49. The number of ether oxygens (including phenoxy) is 1. The van der Waals surface area contributed by atoms with Gasteiger partial charge in [-0.3, -0.25) is 4.79 Å². The van der Waals surface area contributed by atoms with Gasteiger partial charge < -0.3 is 14.5 Å². The number of likely N-dealkylation sites (tertiary alicyclic amines) is 1. The van der Waals surface area contributed by atoms with Crippen LogP contribution in [0.5, 0.6) is 5.75 Å². The number of benzene rings is 1. The van der Waals surface area contributed by atoms with Gasteiger partial charge in [0.1, 0.15) is 12.1 Å². The predicted octanol–water partition coefficient (Wildman–Crippen LogP) is 2.10. The van der Waals surface area contributed by atoms with Gasteiger partial charge in [0.15, 0.2) is 0 Å². The Hall–Kier alpha value is -3.16. The van der Waals surface area contributed by atoms with E-state index < -0.39 is 0 Å². The van der Waals surface area contributed by atoms with Crippen molar-refractivity contribution in [2.45, 2.75) is 19.9 Å². The molecule has 0 saturated carbocycles. The number of nitrogens with zero attached hydrogens (tertiary/aromatic N) is 6. The van der Waals surface area contributed by atoms with Gasteiger partial charge in [0.25, 0.3) is 0 Å². The first-order valence-electron chi connectivity index (χ1n) is 9.89. The normalized spacial score (nSPS) is 23.6. The third-order valence-electron chi connectivity index (χ3n) is 6.24. The highest BCUT2D eigenvalue weighted by Crippen LogP contribution is 2.46. The maximum Gasteiger partial charge on any atom is 0.219 e. The third-order valence-corrected chi connectivity index (χ3v) is 6.24. The molecule has 2 aromatic heterocycles. The van der Waals surface area contributed by atoms with Gasteiger partial charge in [-0.15, -0.1) is 10.2 Å². The van der Waals surface area contributed by atoms with Gasteiger partial charge >= 0.3 is 0 Å². The molecular formula is C21H24N6O2. The first kappa shape index (κ1) is 17.9. The van der Waals surface area contributed by atoms with E-state index in [0.29, 0.717) is 11.8 Å². The lowest BCUT2D eigenvalue weighted by Gasteiger charge is -2.30. The van der Waals surface area contributed by atoms with Gasteiger partial charge in [0.05, 0.1) is 24.5 Å². The van der Waals surface area contributed by atoms with E-state index in [2.05, 4.69) is 38.4 Å². The van der Waals surface area contributed by atoms with Crippen LogP contribution in [0, 0.1) is 18.8 Å². The van der Waals surface area contributed by atoms with E-state index in [1.807, 2.05) is 24.0 Å². The zero-order valence-electron chi connectivity index (χ0n) is 16.8. The maximum absolute atomic E-state index is 12.4. The largest absolute Gasteiger partial charge is 0.497 e. The molecule has 2 aliphatic rings. The minimum Gasteiger partial charge on any atom is -0.497 e. The number of hydrogen-bond donors (Lipinski definition) is 0. The quantitative estimate of drug-likeness (QED) is 0.679. The number of hydrogen-bond acceptors (Lipinski definition) is 6. The Kier molecular flexibility index (Phi) is 4.15. The predicted molar refractivity (Wildman–Crippen MR) is 108 cm³/mol. The van der Waals surface area contributed by atoms with Gasteiger partial charge in [-0.25, -0.2) is 0 Å². The van der Waals surface area contributed by atoms with Crippen LogP contribution in [0.25, 0.3) is 5.65 Å². The molecule has 0 unspecified atom stereocenters. The fourth-order valence-corrected chi connectivity index (χ4v) is 4.96. The molecule has 2 saturated heterocycles. The standard InChI is InChI=1S/C21H24N6O2/c1-13-8-19(21-23-22-12-27(21)24-13)25-9-16-10-26(14(2)28)20(18(16)11-25)15-4-6-17(29-3)7-5-15/h4-8,12,16,18,20H,9-11H2,1-3H3/t16-,18-,20+/m1/s1. The third kappa shape index (κ3) is 2.90. The molecule has 8 heteroatoms. The molecule has 0 spiro atoms. The number of aromatic nitrogens is 4. The molecule has 0 N–H and O–H groups in total. The SMILES string of the molecule is COc1ccc([C@H]2[C@@H]3CN(c4cc(C)nn5cnnc45)C[C@@H]3CN2C(C)=O)cc1. The molecule has 0 aliphatic carbocycles. The molecular weight excluding hydrogens is 368 g/mol. The highest BCUT2D eigenvalue weighted by molar-refractivity contribution is 5.75.